The van der Waals surface area contributed by atoms with Gasteiger partial charge in [-0.15, -0.1) is 0 Å². The molecule has 2 aromatic rings. The lowest BCUT2D eigenvalue weighted by Gasteiger charge is -2.15. The van der Waals surface area contributed by atoms with Crippen molar-refractivity contribution in [1.82, 2.24) is 5.32 Å². The van der Waals surface area contributed by atoms with Gasteiger partial charge in [0.2, 0.25) is 0 Å². The first-order chi connectivity index (χ1) is 12.0. The number of benzene rings is 2. The predicted octanol–water partition coefficient (Wildman–Crippen LogP) is 3.48. The van der Waals surface area contributed by atoms with E-state index >= 15 is 0 Å². The minimum absolute atomic E-state index is 0.0677. The van der Waals surface area contributed by atoms with Crippen LogP contribution in [-0.2, 0) is 6.42 Å². The largest absolute Gasteiger partial charge is 0.497 e. The second-order valence-electron chi connectivity index (χ2n) is 5.12. The molecule has 25 heavy (non-hydrogen) atoms. The number of rotatable bonds is 7. The smallest absolute Gasteiger partial charge is 0.255 e. The van der Waals surface area contributed by atoms with Crippen molar-refractivity contribution < 1.29 is 23.4 Å². The Morgan fingerprint density at radius 1 is 1.16 bits per heavy atom. The topological polar surface area (TPSA) is 56.8 Å². The van der Waals surface area contributed by atoms with Gasteiger partial charge in [-0.05, 0) is 24.6 Å². The fourth-order valence-electron chi connectivity index (χ4n) is 2.43. The summed E-state index contributed by atoms with van der Waals surface area (Å²) in [6.45, 7) is 0.260. The van der Waals surface area contributed by atoms with Crippen LogP contribution in [0, 0.1) is 5.82 Å². The average molecular weight is 368 g/mol. The number of hydrogen-bond donors (Lipinski definition) is 1. The molecule has 0 bridgehead atoms. The molecule has 0 atom stereocenters. The highest BCUT2D eigenvalue weighted by Gasteiger charge is 2.17. The zero-order valence-electron chi connectivity index (χ0n) is 14.2. The molecule has 0 aromatic heterocycles. The van der Waals surface area contributed by atoms with Gasteiger partial charge in [-0.25, -0.2) is 4.39 Å². The van der Waals surface area contributed by atoms with E-state index in [-0.39, 0.29) is 17.1 Å². The lowest BCUT2D eigenvalue weighted by atomic mass is 10.1. The number of hydrogen-bond acceptors (Lipinski definition) is 4. The molecule has 7 heteroatoms. The molecule has 0 fully saturated rings. The molecule has 2 rings (SSSR count). The van der Waals surface area contributed by atoms with Crippen molar-refractivity contribution in [2.24, 2.45) is 0 Å². The molecule has 0 heterocycles. The Bertz CT molecular complexity index is 747. The number of amides is 1. The molecule has 0 unspecified atom stereocenters. The van der Waals surface area contributed by atoms with Crippen molar-refractivity contribution in [1.29, 1.82) is 0 Å². The zero-order chi connectivity index (χ0) is 18.4. The molecule has 0 spiro atoms. The minimum atomic E-state index is -0.661. The van der Waals surface area contributed by atoms with Crippen molar-refractivity contribution in [3.63, 3.8) is 0 Å². The highest BCUT2D eigenvalue weighted by atomic mass is 35.5. The molecule has 0 aliphatic carbocycles. The van der Waals surface area contributed by atoms with Crippen LogP contribution < -0.4 is 19.5 Å². The van der Waals surface area contributed by atoms with E-state index in [1.807, 2.05) is 0 Å². The molecular formula is C18H19ClFNO4. The maximum atomic E-state index is 13.8. The van der Waals surface area contributed by atoms with Gasteiger partial charge >= 0.3 is 0 Å². The molecule has 1 amide bonds. The summed E-state index contributed by atoms with van der Waals surface area (Å²) in [6.07, 6.45) is 0.439. The molecule has 2 aromatic carbocycles. The van der Waals surface area contributed by atoms with E-state index in [4.69, 9.17) is 25.8 Å². The zero-order valence-corrected chi connectivity index (χ0v) is 14.9. The molecule has 0 saturated heterocycles. The van der Waals surface area contributed by atoms with Crippen LogP contribution in [0.5, 0.6) is 17.2 Å². The fourth-order valence-corrected chi connectivity index (χ4v) is 2.68. The van der Waals surface area contributed by atoms with Crippen molar-refractivity contribution in [3.8, 4) is 17.2 Å². The average Bonchev–Trinajstić information content (AvgIpc) is 2.60. The van der Waals surface area contributed by atoms with Gasteiger partial charge in [-0.3, -0.25) is 4.79 Å². The molecule has 0 saturated carbocycles. The van der Waals surface area contributed by atoms with E-state index in [1.165, 1.54) is 32.4 Å². The summed E-state index contributed by atoms with van der Waals surface area (Å²) in [5.74, 6) is 0.459. The fraction of sp³-hybridized carbons (Fsp3) is 0.278. The summed E-state index contributed by atoms with van der Waals surface area (Å²) >= 11 is 5.89. The van der Waals surface area contributed by atoms with Crippen molar-refractivity contribution in [2.75, 3.05) is 27.9 Å². The Morgan fingerprint density at radius 2 is 1.92 bits per heavy atom. The SMILES string of the molecule is COc1cc(CCNC(=O)c2c(F)cccc2Cl)c(OC)c(OC)c1. The first-order valence-corrected chi connectivity index (χ1v) is 7.90. The maximum Gasteiger partial charge on any atom is 0.255 e. The van der Waals surface area contributed by atoms with Crippen LogP contribution in [0.3, 0.4) is 0 Å². The second kappa shape index (κ2) is 8.58. The van der Waals surface area contributed by atoms with Gasteiger partial charge < -0.3 is 19.5 Å². The Kier molecular flexibility index (Phi) is 6.47. The normalized spacial score (nSPS) is 10.3. The van der Waals surface area contributed by atoms with Crippen LogP contribution >= 0.6 is 11.6 Å². The summed E-state index contributed by atoms with van der Waals surface area (Å²) < 4.78 is 29.7. The second-order valence-corrected chi connectivity index (χ2v) is 5.53. The molecule has 0 radical (unpaired) electrons. The predicted molar refractivity (Wildman–Crippen MR) is 93.5 cm³/mol. The monoisotopic (exact) mass is 367 g/mol. The maximum absolute atomic E-state index is 13.8. The van der Waals surface area contributed by atoms with E-state index in [0.29, 0.717) is 23.7 Å². The highest BCUT2D eigenvalue weighted by Crippen LogP contribution is 2.35. The Hall–Kier alpha value is -2.47. The lowest BCUT2D eigenvalue weighted by molar-refractivity contribution is 0.0950. The van der Waals surface area contributed by atoms with Crippen LogP contribution in [-0.4, -0.2) is 33.8 Å². The van der Waals surface area contributed by atoms with E-state index < -0.39 is 11.7 Å². The van der Waals surface area contributed by atoms with E-state index in [1.54, 1.807) is 19.2 Å². The summed E-state index contributed by atoms with van der Waals surface area (Å²) in [5.41, 5.74) is 0.623. The van der Waals surface area contributed by atoms with Crippen LogP contribution in [0.4, 0.5) is 4.39 Å². The summed E-state index contributed by atoms with van der Waals surface area (Å²) in [4.78, 5) is 12.2. The van der Waals surface area contributed by atoms with Gasteiger partial charge in [-0.2, -0.15) is 0 Å². The van der Waals surface area contributed by atoms with E-state index in [2.05, 4.69) is 5.32 Å². The van der Waals surface area contributed by atoms with Gasteiger partial charge in [0.1, 0.15) is 11.6 Å². The van der Waals surface area contributed by atoms with Crippen molar-refractivity contribution >= 4 is 17.5 Å². The van der Waals surface area contributed by atoms with Gasteiger partial charge in [-0.1, -0.05) is 17.7 Å². The number of nitrogens with one attached hydrogen (secondary N) is 1. The Labute approximate surface area is 150 Å². The first-order valence-electron chi connectivity index (χ1n) is 7.53. The first kappa shape index (κ1) is 18.9. The Balaban J connectivity index is 2.12. The number of methoxy groups -OCH3 is 3. The van der Waals surface area contributed by atoms with E-state index in [0.717, 1.165) is 5.56 Å². The number of ether oxygens (including phenoxy) is 3. The summed E-state index contributed by atoms with van der Waals surface area (Å²) in [7, 11) is 4.61. The quantitative estimate of drug-likeness (QED) is 0.814. The lowest BCUT2D eigenvalue weighted by Crippen LogP contribution is -2.27. The van der Waals surface area contributed by atoms with Crippen LogP contribution in [0.1, 0.15) is 15.9 Å². The Morgan fingerprint density at radius 3 is 2.52 bits per heavy atom. The van der Waals surface area contributed by atoms with Crippen molar-refractivity contribution in [3.05, 3.63) is 52.3 Å². The van der Waals surface area contributed by atoms with Crippen LogP contribution in [0.15, 0.2) is 30.3 Å². The molecule has 5 nitrogen and oxygen atoms in total. The molecular weight excluding hydrogens is 349 g/mol. The number of carbonyl (C=O) groups excluding carboxylic acids is 1. The summed E-state index contributed by atoms with van der Waals surface area (Å²) in [5, 5.41) is 2.72. The molecule has 0 aliphatic rings. The van der Waals surface area contributed by atoms with E-state index in [9.17, 15) is 9.18 Å². The van der Waals surface area contributed by atoms with Crippen LogP contribution in [0.2, 0.25) is 5.02 Å². The standard InChI is InChI=1S/C18H19ClFNO4/c1-23-12-9-11(17(25-3)15(10-12)24-2)7-8-21-18(22)16-13(19)5-4-6-14(16)20/h4-6,9-10H,7-8H2,1-3H3,(H,21,22). The third kappa shape index (κ3) is 4.33. The molecule has 134 valence electrons. The van der Waals surface area contributed by atoms with Crippen molar-refractivity contribution in [2.45, 2.75) is 6.42 Å². The summed E-state index contributed by atoms with van der Waals surface area (Å²) in [6, 6.07) is 7.61. The van der Waals surface area contributed by atoms with Gasteiger partial charge in [0.05, 0.1) is 31.9 Å². The minimum Gasteiger partial charge on any atom is -0.497 e. The van der Waals surface area contributed by atoms with Gasteiger partial charge in [0.25, 0.3) is 5.91 Å². The third-order valence-corrected chi connectivity index (χ3v) is 3.95. The molecule has 0 aliphatic heterocycles. The van der Waals surface area contributed by atoms with Crippen LogP contribution in [0.25, 0.3) is 0 Å². The molecule has 1 N–H and O–H groups in total. The highest BCUT2D eigenvalue weighted by molar-refractivity contribution is 6.33. The number of halogens is 2. The van der Waals surface area contributed by atoms with Gasteiger partial charge in [0, 0.05) is 18.2 Å². The van der Waals surface area contributed by atoms with Gasteiger partial charge in [0.15, 0.2) is 11.5 Å². The third-order valence-electron chi connectivity index (χ3n) is 3.63. The number of carbonyl (C=O) groups is 1.